The predicted molar refractivity (Wildman–Crippen MR) is 102 cm³/mol. The van der Waals surface area contributed by atoms with Crippen LogP contribution in [0.25, 0.3) is 0 Å². The van der Waals surface area contributed by atoms with E-state index >= 15 is 0 Å². The van der Waals surface area contributed by atoms with Crippen molar-refractivity contribution < 1.29 is 13.2 Å². The van der Waals surface area contributed by atoms with E-state index < -0.39 is 9.84 Å². The molecule has 1 aromatic heterocycles. The zero-order chi connectivity index (χ0) is 18.9. The van der Waals surface area contributed by atoms with E-state index in [9.17, 15) is 13.2 Å². The molecule has 0 N–H and O–H groups in total. The fourth-order valence-corrected chi connectivity index (χ4v) is 6.72. The lowest BCUT2D eigenvalue weighted by Crippen LogP contribution is -2.43. The van der Waals surface area contributed by atoms with Crippen LogP contribution < -0.4 is 0 Å². The molecule has 26 heavy (non-hydrogen) atoms. The highest BCUT2D eigenvalue weighted by Crippen LogP contribution is 2.25. The summed E-state index contributed by atoms with van der Waals surface area (Å²) in [7, 11) is -0.992. The molecule has 0 bridgehead atoms. The lowest BCUT2D eigenvalue weighted by molar-refractivity contribution is -0.130. The quantitative estimate of drug-likeness (QED) is 0.695. The predicted octanol–water partition coefficient (Wildman–Crippen LogP) is 1.39. The van der Waals surface area contributed by atoms with Crippen molar-refractivity contribution in [3.63, 3.8) is 0 Å². The van der Waals surface area contributed by atoms with Crippen LogP contribution in [-0.4, -0.2) is 64.3 Å². The average molecular weight is 401 g/mol. The fourth-order valence-electron chi connectivity index (χ4n) is 4.02. The van der Waals surface area contributed by atoms with Crippen molar-refractivity contribution in [2.45, 2.75) is 38.3 Å². The summed E-state index contributed by atoms with van der Waals surface area (Å²) >= 11 is 1.41. The topological polar surface area (TPSA) is 85.2 Å². The Morgan fingerprint density at radius 3 is 2.54 bits per heavy atom. The van der Waals surface area contributed by atoms with E-state index in [0.717, 1.165) is 18.9 Å². The van der Waals surface area contributed by atoms with E-state index in [4.69, 9.17) is 0 Å². The van der Waals surface area contributed by atoms with Crippen LogP contribution in [0.3, 0.4) is 0 Å². The summed E-state index contributed by atoms with van der Waals surface area (Å²) in [6.45, 7) is 6.07. The maximum atomic E-state index is 12.5. The first kappa shape index (κ1) is 19.7. The number of sulfone groups is 1. The standard InChI is InChI=1S/C17H28N4O3S2/c1-12-6-13(2)9-21(8-12)16(22)10-25-17-19-18-15(20(17)3)7-14-4-5-26(23,24)11-14/h12-14H,4-11H2,1-3H3/t12-,13+,14-/m0/s1. The van der Waals surface area contributed by atoms with Gasteiger partial charge < -0.3 is 9.47 Å². The Kier molecular flexibility index (Phi) is 5.96. The molecule has 0 aromatic carbocycles. The lowest BCUT2D eigenvalue weighted by Gasteiger charge is -2.34. The minimum atomic E-state index is -2.88. The van der Waals surface area contributed by atoms with Gasteiger partial charge in [-0.05, 0) is 30.6 Å². The summed E-state index contributed by atoms with van der Waals surface area (Å²) in [5.74, 6) is 3.06. The van der Waals surface area contributed by atoms with Crippen LogP contribution in [0, 0.1) is 17.8 Å². The number of hydrogen-bond acceptors (Lipinski definition) is 6. The van der Waals surface area contributed by atoms with E-state index in [1.807, 2.05) is 16.5 Å². The molecular formula is C17H28N4O3S2. The van der Waals surface area contributed by atoms with Gasteiger partial charge in [0.1, 0.15) is 5.82 Å². The zero-order valence-electron chi connectivity index (χ0n) is 15.7. The summed E-state index contributed by atoms with van der Waals surface area (Å²) in [5, 5.41) is 9.13. The van der Waals surface area contributed by atoms with Crippen molar-refractivity contribution in [1.82, 2.24) is 19.7 Å². The fraction of sp³-hybridized carbons (Fsp3) is 0.824. The van der Waals surface area contributed by atoms with Crippen LogP contribution >= 0.6 is 11.8 Å². The third-order valence-corrected chi connectivity index (χ3v) is 8.11. The number of carbonyl (C=O) groups is 1. The second-order valence-corrected chi connectivity index (χ2v) is 11.1. The van der Waals surface area contributed by atoms with Crippen molar-refractivity contribution in [2.75, 3.05) is 30.3 Å². The summed E-state index contributed by atoms with van der Waals surface area (Å²) in [6, 6.07) is 0. The van der Waals surface area contributed by atoms with Gasteiger partial charge in [0.2, 0.25) is 5.91 Å². The Bertz CT molecular complexity index is 752. The molecule has 2 fully saturated rings. The average Bonchev–Trinajstić information content (AvgIpc) is 3.07. The molecule has 7 nitrogen and oxygen atoms in total. The Hall–Kier alpha value is -1.09. The van der Waals surface area contributed by atoms with E-state index in [1.165, 1.54) is 18.2 Å². The van der Waals surface area contributed by atoms with Gasteiger partial charge in [-0.3, -0.25) is 4.79 Å². The number of hydrogen-bond donors (Lipinski definition) is 0. The lowest BCUT2D eigenvalue weighted by atomic mass is 9.92. The number of carbonyl (C=O) groups excluding carboxylic acids is 1. The molecule has 0 saturated carbocycles. The molecule has 9 heteroatoms. The second kappa shape index (κ2) is 7.88. The van der Waals surface area contributed by atoms with Crippen LogP contribution in [0.5, 0.6) is 0 Å². The number of amides is 1. The van der Waals surface area contributed by atoms with E-state index in [1.54, 1.807) is 0 Å². The van der Waals surface area contributed by atoms with Gasteiger partial charge in [-0.15, -0.1) is 10.2 Å². The molecular weight excluding hydrogens is 372 g/mol. The summed E-state index contributed by atoms with van der Waals surface area (Å²) < 4.78 is 25.1. The highest BCUT2D eigenvalue weighted by Gasteiger charge is 2.29. The number of piperidine rings is 1. The highest BCUT2D eigenvalue weighted by atomic mass is 32.2. The Balaban J connectivity index is 1.54. The maximum Gasteiger partial charge on any atom is 0.233 e. The van der Waals surface area contributed by atoms with Gasteiger partial charge in [0, 0.05) is 26.6 Å². The van der Waals surface area contributed by atoms with Gasteiger partial charge in [0.15, 0.2) is 15.0 Å². The smallest absolute Gasteiger partial charge is 0.233 e. The third-order valence-electron chi connectivity index (χ3n) is 5.27. The van der Waals surface area contributed by atoms with Crippen LogP contribution in [0.1, 0.15) is 32.5 Å². The molecule has 2 aliphatic heterocycles. The van der Waals surface area contributed by atoms with Crippen molar-refractivity contribution in [1.29, 1.82) is 0 Å². The normalized spacial score (nSPS) is 28.4. The minimum absolute atomic E-state index is 0.124. The first-order valence-corrected chi connectivity index (χ1v) is 12.0. The van der Waals surface area contributed by atoms with Crippen LogP contribution in [0.4, 0.5) is 0 Å². The van der Waals surface area contributed by atoms with Gasteiger partial charge in [0.25, 0.3) is 0 Å². The number of rotatable bonds is 5. The molecule has 3 heterocycles. The summed E-state index contributed by atoms with van der Waals surface area (Å²) in [5.41, 5.74) is 0. The molecule has 0 spiro atoms. The molecule has 1 aromatic rings. The first-order chi connectivity index (χ1) is 12.2. The van der Waals surface area contributed by atoms with Gasteiger partial charge in [-0.25, -0.2) is 8.42 Å². The molecule has 3 rings (SSSR count). The summed E-state index contributed by atoms with van der Waals surface area (Å²) in [6.07, 6.45) is 2.50. The second-order valence-electron chi connectivity index (χ2n) is 7.96. The zero-order valence-corrected chi connectivity index (χ0v) is 17.4. The van der Waals surface area contributed by atoms with E-state index in [-0.39, 0.29) is 23.3 Å². The number of aromatic nitrogens is 3. The largest absolute Gasteiger partial charge is 0.341 e. The van der Waals surface area contributed by atoms with Crippen molar-refractivity contribution in [3.05, 3.63) is 5.82 Å². The van der Waals surface area contributed by atoms with Crippen LogP contribution in [0.15, 0.2) is 5.16 Å². The number of nitrogens with zero attached hydrogens (tertiary/aromatic N) is 4. The molecule has 146 valence electrons. The molecule has 2 aliphatic rings. The number of thioether (sulfide) groups is 1. The summed E-state index contributed by atoms with van der Waals surface area (Å²) in [4.78, 5) is 14.5. The SMILES string of the molecule is C[C@@H]1C[C@H](C)CN(C(=O)CSc2nnc(C[C@@H]3CCS(=O)(=O)C3)n2C)C1. The van der Waals surface area contributed by atoms with Crippen molar-refractivity contribution >= 4 is 27.5 Å². The Morgan fingerprint density at radius 2 is 1.92 bits per heavy atom. The molecule has 3 atom stereocenters. The highest BCUT2D eigenvalue weighted by molar-refractivity contribution is 7.99. The minimum Gasteiger partial charge on any atom is -0.341 e. The van der Waals surface area contributed by atoms with Crippen LogP contribution in [-0.2, 0) is 28.1 Å². The Morgan fingerprint density at radius 1 is 1.23 bits per heavy atom. The monoisotopic (exact) mass is 400 g/mol. The molecule has 0 aliphatic carbocycles. The van der Waals surface area contributed by atoms with E-state index in [2.05, 4.69) is 24.0 Å². The maximum absolute atomic E-state index is 12.5. The van der Waals surface area contributed by atoms with Crippen molar-refractivity contribution in [2.24, 2.45) is 24.8 Å². The third kappa shape index (κ3) is 4.79. The van der Waals surface area contributed by atoms with E-state index in [0.29, 0.717) is 35.6 Å². The first-order valence-electron chi connectivity index (χ1n) is 9.22. The van der Waals surface area contributed by atoms with Gasteiger partial charge in [-0.1, -0.05) is 25.6 Å². The number of likely N-dealkylation sites (tertiary alicyclic amines) is 1. The van der Waals surface area contributed by atoms with Gasteiger partial charge in [0.05, 0.1) is 17.3 Å². The molecule has 0 radical (unpaired) electrons. The molecule has 2 saturated heterocycles. The van der Waals surface area contributed by atoms with Gasteiger partial charge in [-0.2, -0.15) is 0 Å². The molecule has 1 amide bonds. The van der Waals surface area contributed by atoms with Crippen LogP contribution in [0.2, 0.25) is 0 Å². The van der Waals surface area contributed by atoms with Gasteiger partial charge >= 0.3 is 0 Å². The molecule has 0 unspecified atom stereocenters. The Labute approximate surface area is 159 Å². The van der Waals surface area contributed by atoms with Crippen molar-refractivity contribution in [3.8, 4) is 0 Å².